The van der Waals surface area contributed by atoms with E-state index in [1.54, 1.807) is 13.0 Å². The summed E-state index contributed by atoms with van der Waals surface area (Å²) in [6, 6.07) is 16.0. The molecule has 0 saturated heterocycles. The summed E-state index contributed by atoms with van der Waals surface area (Å²) in [5, 5.41) is 3.02. The van der Waals surface area contributed by atoms with Crippen molar-refractivity contribution in [2.24, 2.45) is 0 Å². The topological polar surface area (TPSA) is 55.4 Å². The Labute approximate surface area is 160 Å². The summed E-state index contributed by atoms with van der Waals surface area (Å²) in [5.41, 5.74) is 4.51. The molecule has 0 saturated carbocycles. The lowest BCUT2D eigenvalue weighted by atomic mass is 9.87. The molecule has 1 aliphatic rings. The van der Waals surface area contributed by atoms with Crippen molar-refractivity contribution in [3.63, 3.8) is 0 Å². The molecule has 1 amide bonds. The molecule has 1 N–H and O–H groups in total. The van der Waals surface area contributed by atoms with Crippen LogP contribution in [0.15, 0.2) is 54.6 Å². The number of ether oxygens (including phenoxy) is 1. The maximum atomic E-state index is 12.5. The Morgan fingerprint density at radius 3 is 2.67 bits per heavy atom. The second-order valence-electron chi connectivity index (χ2n) is 6.98. The van der Waals surface area contributed by atoms with Gasteiger partial charge in [0.15, 0.2) is 6.10 Å². The largest absolute Gasteiger partial charge is 0.449 e. The van der Waals surface area contributed by atoms with Crippen molar-refractivity contribution < 1.29 is 14.3 Å². The molecule has 2 aromatic rings. The zero-order valence-electron chi connectivity index (χ0n) is 15.8. The maximum absolute atomic E-state index is 12.5. The summed E-state index contributed by atoms with van der Waals surface area (Å²) in [4.78, 5) is 24.5. The molecule has 27 heavy (non-hydrogen) atoms. The predicted octanol–water partition coefficient (Wildman–Crippen LogP) is 4.13. The van der Waals surface area contributed by atoms with Gasteiger partial charge in [-0.25, -0.2) is 4.79 Å². The Balaban J connectivity index is 1.55. The van der Waals surface area contributed by atoms with Crippen molar-refractivity contribution in [2.45, 2.75) is 45.3 Å². The Kier molecular flexibility index (Phi) is 6.07. The third kappa shape index (κ3) is 5.07. The molecule has 4 nitrogen and oxygen atoms in total. The number of hydrogen-bond acceptors (Lipinski definition) is 3. The van der Waals surface area contributed by atoms with Crippen LogP contribution in [0, 0.1) is 6.92 Å². The van der Waals surface area contributed by atoms with Crippen LogP contribution in [0.25, 0.3) is 6.08 Å². The van der Waals surface area contributed by atoms with E-state index >= 15 is 0 Å². The highest BCUT2D eigenvalue weighted by atomic mass is 16.5. The number of nitrogens with one attached hydrogen (secondary N) is 1. The number of amides is 1. The van der Waals surface area contributed by atoms with Crippen molar-refractivity contribution >= 4 is 18.0 Å². The second kappa shape index (κ2) is 8.67. The van der Waals surface area contributed by atoms with Gasteiger partial charge in [0.2, 0.25) is 0 Å². The van der Waals surface area contributed by atoms with E-state index in [0.29, 0.717) is 0 Å². The van der Waals surface area contributed by atoms with E-state index in [0.717, 1.165) is 36.0 Å². The molecule has 140 valence electrons. The smallest absolute Gasteiger partial charge is 0.331 e. The van der Waals surface area contributed by atoms with Gasteiger partial charge in [-0.05, 0) is 55.9 Å². The van der Waals surface area contributed by atoms with E-state index in [4.69, 9.17) is 4.74 Å². The van der Waals surface area contributed by atoms with E-state index in [9.17, 15) is 9.59 Å². The number of carbonyl (C=O) groups excluding carboxylic acids is 2. The molecule has 0 unspecified atom stereocenters. The molecule has 0 aromatic heterocycles. The molecular weight excluding hydrogens is 338 g/mol. The first-order chi connectivity index (χ1) is 13.0. The third-order valence-corrected chi connectivity index (χ3v) is 4.84. The maximum Gasteiger partial charge on any atom is 0.331 e. The van der Waals surface area contributed by atoms with Gasteiger partial charge in [-0.1, -0.05) is 54.1 Å². The molecule has 0 bridgehead atoms. The Morgan fingerprint density at radius 2 is 1.89 bits per heavy atom. The van der Waals surface area contributed by atoms with Crippen LogP contribution in [-0.2, 0) is 20.7 Å². The molecule has 2 atom stereocenters. The minimum atomic E-state index is -0.839. The van der Waals surface area contributed by atoms with Gasteiger partial charge in [0.05, 0.1) is 6.04 Å². The van der Waals surface area contributed by atoms with Crippen molar-refractivity contribution in [1.82, 2.24) is 5.32 Å². The highest BCUT2D eigenvalue weighted by Crippen LogP contribution is 2.29. The van der Waals surface area contributed by atoms with Gasteiger partial charge in [0.25, 0.3) is 5.91 Å². The van der Waals surface area contributed by atoms with Gasteiger partial charge < -0.3 is 10.1 Å². The van der Waals surface area contributed by atoms with Crippen LogP contribution < -0.4 is 5.32 Å². The molecule has 2 aromatic carbocycles. The summed E-state index contributed by atoms with van der Waals surface area (Å²) in [5.74, 6) is -0.795. The van der Waals surface area contributed by atoms with Gasteiger partial charge in [0, 0.05) is 6.08 Å². The Hall–Kier alpha value is -2.88. The average Bonchev–Trinajstić information content (AvgIpc) is 2.68. The molecule has 1 aliphatic carbocycles. The van der Waals surface area contributed by atoms with Crippen LogP contribution in [0.1, 0.15) is 48.1 Å². The van der Waals surface area contributed by atoms with Crippen molar-refractivity contribution in [3.8, 4) is 0 Å². The summed E-state index contributed by atoms with van der Waals surface area (Å²) in [6.07, 6.45) is 5.17. The molecule has 0 aliphatic heterocycles. The number of carbonyl (C=O) groups is 2. The number of fused-ring (bicyclic) bond motifs is 1. The zero-order valence-corrected chi connectivity index (χ0v) is 15.8. The van der Waals surface area contributed by atoms with Gasteiger partial charge in [-0.15, -0.1) is 0 Å². The van der Waals surface area contributed by atoms with Gasteiger partial charge in [-0.3, -0.25) is 4.79 Å². The fraction of sp³-hybridized carbons (Fsp3) is 0.304. The molecule has 0 radical (unpaired) electrons. The molecular formula is C23H25NO3. The third-order valence-electron chi connectivity index (χ3n) is 4.84. The highest BCUT2D eigenvalue weighted by molar-refractivity contribution is 5.90. The number of hydrogen-bond donors (Lipinski definition) is 1. The molecule has 3 rings (SSSR count). The molecule has 4 heteroatoms. The standard InChI is InChI=1S/C23H25NO3/c1-16-10-12-18(13-11-16)14-15-22(25)27-17(2)23(26)24-21-9-5-7-19-6-3-4-8-20(19)21/h3-4,6,8,10-15,17,21H,5,7,9H2,1-2H3,(H,24,26)/b15-14+/t17-,21+/m0/s1. The minimum Gasteiger partial charge on any atom is -0.449 e. The predicted molar refractivity (Wildman–Crippen MR) is 106 cm³/mol. The number of aryl methyl sites for hydroxylation is 2. The highest BCUT2D eigenvalue weighted by Gasteiger charge is 2.24. The first-order valence-electron chi connectivity index (χ1n) is 9.36. The lowest BCUT2D eigenvalue weighted by Crippen LogP contribution is -2.39. The van der Waals surface area contributed by atoms with Crippen LogP contribution in [0.2, 0.25) is 0 Å². The van der Waals surface area contributed by atoms with Crippen LogP contribution in [0.3, 0.4) is 0 Å². The van der Waals surface area contributed by atoms with Crippen LogP contribution >= 0.6 is 0 Å². The lowest BCUT2D eigenvalue weighted by molar-refractivity contribution is -0.150. The summed E-state index contributed by atoms with van der Waals surface area (Å²) >= 11 is 0. The van der Waals surface area contributed by atoms with Crippen LogP contribution in [0.5, 0.6) is 0 Å². The number of rotatable bonds is 5. The molecule has 0 spiro atoms. The Morgan fingerprint density at radius 1 is 1.15 bits per heavy atom. The van der Waals surface area contributed by atoms with Gasteiger partial charge in [-0.2, -0.15) is 0 Å². The van der Waals surface area contributed by atoms with E-state index in [1.807, 2.05) is 43.3 Å². The van der Waals surface area contributed by atoms with Gasteiger partial charge in [0.1, 0.15) is 0 Å². The van der Waals surface area contributed by atoms with E-state index in [1.165, 1.54) is 11.6 Å². The first kappa shape index (κ1) is 18.9. The fourth-order valence-corrected chi connectivity index (χ4v) is 3.30. The normalized spacial score (nSPS) is 17.2. The van der Waals surface area contributed by atoms with Crippen molar-refractivity contribution in [1.29, 1.82) is 0 Å². The monoisotopic (exact) mass is 363 g/mol. The quantitative estimate of drug-likeness (QED) is 0.642. The second-order valence-corrected chi connectivity index (χ2v) is 6.98. The summed E-state index contributed by atoms with van der Waals surface area (Å²) in [6.45, 7) is 3.61. The van der Waals surface area contributed by atoms with Crippen molar-refractivity contribution in [2.75, 3.05) is 0 Å². The van der Waals surface area contributed by atoms with Crippen LogP contribution in [0.4, 0.5) is 0 Å². The molecule has 0 fully saturated rings. The summed E-state index contributed by atoms with van der Waals surface area (Å²) in [7, 11) is 0. The first-order valence-corrected chi connectivity index (χ1v) is 9.36. The number of esters is 1. The van der Waals surface area contributed by atoms with Crippen molar-refractivity contribution in [3.05, 3.63) is 76.9 Å². The zero-order chi connectivity index (χ0) is 19.2. The summed E-state index contributed by atoms with van der Waals surface area (Å²) < 4.78 is 5.25. The van der Waals surface area contributed by atoms with E-state index < -0.39 is 12.1 Å². The average molecular weight is 363 g/mol. The number of benzene rings is 2. The van der Waals surface area contributed by atoms with E-state index in [2.05, 4.69) is 17.4 Å². The van der Waals surface area contributed by atoms with Gasteiger partial charge >= 0.3 is 5.97 Å². The molecule has 0 heterocycles. The Bertz CT molecular complexity index is 839. The SMILES string of the molecule is Cc1ccc(/C=C/C(=O)O[C@@H](C)C(=O)N[C@@H]2CCCc3ccccc32)cc1. The minimum absolute atomic E-state index is 0.0216. The lowest BCUT2D eigenvalue weighted by Gasteiger charge is -2.27. The van der Waals surface area contributed by atoms with E-state index in [-0.39, 0.29) is 11.9 Å². The fourth-order valence-electron chi connectivity index (χ4n) is 3.30. The van der Waals surface area contributed by atoms with Crippen LogP contribution in [-0.4, -0.2) is 18.0 Å².